The van der Waals surface area contributed by atoms with Crippen molar-refractivity contribution in [3.05, 3.63) is 58.3 Å². The zero-order valence-electron chi connectivity index (χ0n) is 16.3. The quantitative estimate of drug-likeness (QED) is 0.474. The van der Waals surface area contributed by atoms with Crippen LogP contribution >= 0.6 is 11.3 Å². The lowest BCUT2D eigenvalue weighted by Gasteiger charge is -2.16. The van der Waals surface area contributed by atoms with Gasteiger partial charge in [-0.05, 0) is 24.6 Å². The van der Waals surface area contributed by atoms with E-state index in [-0.39, 0.29) is 10.9 Å². The van der Waals surface area contributed by atoms with Crippen LogP contribution in [0.5, 0.6) is 0 Å². The van der Waals surface area contributed by atoms with Crippen LogP contribution in [0.1, 0.15) is 33.2 Å². The molecule has 1 amide bonds. The number of hydrogen-bond acceptors (Lipinski definition) is 7. The number of carbonyl (C=O) groups excluding carboxylic acids is 1. The molecule has 0 aliphatic rings. The molecule has 3 aromatic heterocycles. The number of thiazole rings is 1. The highest BCUT2D eigenvalue weighted by molar-refractivity contribution is 7.13. The maximum atomic E-state index is 12.7. The molecule has 2 N–H and O–H groups in total. The van der Waals surface area contributed by atoms with Crippen LogP contribution in [0.15, 0.2) is 42.9 Å². The zero-order chi connectivity index (χ0) is 22.2. The summed E-state index contributed by atoms with van der Waals surface area (Å²) in [5.41, 5.74) is 2.61. The normalized spacial score (nSPS) is 12.7. The number of hydrogen-bond donors (Lipinski definition) is 2. The Hall–Kier alpha value is -3.54. The topological polar surface area (TPSA) is 97.6 Å². The lowest BCUT2D eigenvalue weighted by atomic mass is 10.1. The maximum Gasteiger partial charge on any atom is 0.443 e. The van der Waals surface area contributed by atoms with Crippen LogP contribution in [-0.4, -0.2) is 30.6 Å². The van der Waals surface area contributed by atoms with Crippen molar-refractivity contribution < 1.29 is 18.0 Å². The van der Waals surface area contributed by atoms with E-state index in [1.165, 1.54) is 0 Å². The van der Waals surface area contributed by atoms with E-state index in [9.17, 15) is 18.0 Å². The number of rotatable bonds is 5. The molecule has 0 bridgehead atoms. The largest absolute Gasteiger partial charge is 0.443 e. The number of halogens is 3. The third-order valence-electron chi connectivity index (χ3n) is 4.42. The van der Waals surface area contributed by atoms with Gasteiger partial charge in [-0.1, -0.05) is 12.1 Å². The molecule has 3 heterocycles. The fourth-order valence-corrected chi connectivity index (χ4v) is 3.56. The van der Waals surface area contributed by atoms with Crippen molar-refractivity contribution in [1.82, 2.24) is 24.7 Å². The molecular weight excluding hydrogens is 431 g/mol. The first-order valence-electron chi connectivity index (χ1n) is 9.06. The first kappa shape index (κ1) is 20.7. The van der Waals surface area contributed by atoms with E-state index in [2.05, 4.69) is 30.7 Å². The van der Waals surface area contributed by atoms with Crippen molar-refractivity contribution in [2.45, 2.75) is 19.1 Å². The summed E-state index contributed by atoms with van der Waals surface area (Å²) in [5, 5.41) is 8.90. The maximum absolute atomic E-state index is 12.7. The highest BCUT2D eigenvalue weighted by atomic mass is 32.1. The van der Waals surface area contributed by atoms with E-state index in [0.29, 0.717) is 34.0 Å². The van der Waals surface area contributed by atoms with Crippen molar-refractivity contribution in [3.8, 4) is 0 Å². The van der Waals surface area contributed by atoms with Gasteiger partial charge in [-0.25, -0.2) is 19.6 Å². The fraction of sp³-hybridized carbons (Fsp3) is 0.211. The van der Waals surface area contributed by atoms with E-state index in [1.54, 1.807) is 42.3 Å². The van der Waals surface area contributed by atoms with Crippen molar-refractivity contribution in [2.75, 3.05) is 10.6 Å². The molecule has 1 aromatic carbocycles. The van der Waals surface area contributed by atoms with Gasteiger partial charge < -0.3 is 10.6 Å². The molecule has 0 spiro atoms. The second kappa shape index (κ2) is 7.95. The third-order valence-corrected chi connectivity index (χ3v) is 5.46. The minimum atomic E-state index is -4.58. The predicted molar refractivity (Wildman–Crippen MR) is 110 cm³/mol. The standard InChI is InChI=1S/C19H16F3N7OS/c1-10(26-15-9-23-13-7-25-29(2)16(13)28-15)11-4-3-5-12(6-11)27-17(30)14-8-24-18(31-14)19(20,21)22/h3-10H,1-2H3,(H,26,28)(H,27,30)/t10-/m0/s1. The van der Waals surface area contributed by atoms with Crippen molar-refractivity contribution >= 4 is 39.9 Å². The molecule has 0 unspecified atom stereocenters. The van der Waals surface area contributed by atoms with E-state index in [4.69, 9.17) is 0 Å². The van der Waals surface area contributed by atoms with Crippen LogP contribution in [0.25, 0.3) is 11.2 Å². The minimum absolute atomic E-state index is 0.122. The number of fused-ring (bicyclic) bond motifs is 1. The number of carbonyl (C=O) groups is 1. The molecule has 0 saturated carbocycles. The Balaban J connectivity index is 1.47. The van der Waals surface area contributed by atoms with Gasteiger partial charge in [-0.2, -0.15) is 18.3 Å². The van der Waals surface area contributed by atoms with Crippen molar-refractivity contribution in [3.63, 3.8) is 0 Å². The number of nitrogens with one attached hydrogen (secondary N) is 2. The van der Waals surface area contributed by atoms with Crippen LogP contribution < -0.4 is 10.6 Å². The van der Waals surface area contributed by atoms with Gasteiger partial charge in [0, 0.05) is 12.7 Å². The van der Waals surface area contributed by atoms with Gasteiger partial charge in [-0.15, -0.1) is 11.3 Å². The molecule has 0 aliphatic carbocycles. The van der Waals surface area contributed by atoms with Gasteiger partial charge in [0.25, 0.3) is 5.91 Å². The molecule has 0 radical (unpaired) electrons. The Morgan fingerprint density at radius 3 is 2.74 bits per heavy atom. The van der Waals surface area contributed by atoms with Crippen molar-refractivity contribution in [2.24, 2.45) is 7.05 Å². The summed E-state index contributed by atoms with van der Waals surface area (Å²) in [7, 11) is 1.77. The van der Waals surface area contributed by atoms with Gasteiger partial charge in [0.15, 0.2) is 10.7 Å². The van der Waals surface area contributed by atoms with Gasteiger partial charge in [0.05, 0.1) is 24.6 Å². The fourth-order valence-electron chi connectivity index (χ4n) is 2.88. The van der Waals surface area contributed by atoms with Crippen LogP contribution in [0.4, 0.5) is 24.7 Å². The third kappa shape index (κ3) is 4.48. The lowest BCUT2D eigenvalue weighted by molar-refractivity contribution is -0.137. The smallest absolute Gasteiger partial charge is 0.362 e. The van der Waals surface area contributed by atoms with Crippen LogP contribution in [-0.2, 0) is 13.2 Å². The van der Waals surface area contributed by atoms with Crippen LogP contribution in [0, 0.1) is 0 Å². The monoisotopic (exact) mass is 447 g/mol. The highest BCUT2D eigenvalue weighted by Gasteiger charge is 2.35. The highest BCUT2D eigenvalue weighted by Crippen LogP contribution is 2.32. The average molecular weight is 447 g/mol. The first-order valence-corrected chi connectivity index (χ1v) is 9.88. The number of anilines is 2. The molecular formula is C19H16F3N7OS. The van der Waals surface area contributed by atoms with Gasteiger partial charge in [0.1, 0.15) is 16.2 Å². The molecule has 12 heteroatoms. The second-order valence-corrected chi connectivity index (χ2v) is 7.74. The molecule has 0 aliphatic heterocycles. The SMILES string of the molecule is C[C@H](Nc1cnc2cnn(C)c2n1)c1cccc(NC(=O)c2cnc(C(F)(F)F)s2)c1. The average Bonchev–Trinajstić information content (AvgIpc) is 3.36. The molecule has 0 fully saturated rings. The second-order valence-electron chi connectivity index (χ2n) is 6.71. The van der Waals surface area contributed by atoms with Crippen molar-refractivity contribution in [1.29, 1.82) is 0 Å². The number of alkyl halides is 3. The number of benzene rings is 1. The molecule has 1 atom stereocenters. The molecule has 0 saturated heterocycles. The number of aromatic nitrogens is 5. The number of aryl methyl sites for hydroxylation is 1. The zero-order valence-corrected chi connectivity index (χ0v) is 17.1. The Bertz CT molecular complexity index is 1250. The summed E-state index contributed by atoms with van der Waals surface area (Å²) in [5.74, 6) is -0.0966. The molecule has 4 rings (SSSR count). The van der Waals surface area contributed by atoms with E-state index in [1.807, 2.05) is 13.0 Å². The number of nitrogens with zero attached hydrogens (tertiary/aromatic N) is 5. The summed E-state index contributed by atoms with van der Waals surface area (Å²) >= 11 is 0.299. The van der Waals surface area contributed by atoms with Gasteiger partial charge >= 0.3 is 6.18 Å². The summed E-state index contributed by atoms with van der Waals surface area (Å²) in [6, 6.07) is 6.81. The van der Waals surface area contributed by atoms with Gasteiger partial charge in [-0.3, -0.25) is 4.79 Å². The summed E-state index contributed by atoms with van der Waals surface area (Å²) in [4.78, 5) is 24.3. The molecule has 160 valence electrons. The lowest BCUT2D eigenvalue weighted by Crippen LogP contribution is -2.12. The Labute approximate surface area is 178 Å². The van der Waals surface area contributed by atoms with E-state index in [0.717, 1.165) is 11.8 Å². The Kier molecular flexibility index (Phi) is 5.31. The van der Waals surface area contributed by atoms with E-state index < -0.39 is 17.1 Å². The van der Waals surface area contributed by atoms with Gasteiger partial charge in [0.2, 0.25) is 0 Å². The van der Waals surface area contributed by atoms with E-state index >= 15 is 0 Å². The summed E-state index contributed by atoms with van der Waals surface area (Å²) in [6.07, 6.45) is -0.424. The first-order chi connectivity index (χ1) is 14.7. The number of amides is 1. The minimum Gasteiger partial charge on any atom is -0.362 e. The van der Waals surface area contributed by atoms with Crippen LogP contribution in [0.3, 0.4) is 0 Å². The Morgan fingerprint density at radius 2 is 2.00 bits per heavy atom. The van der Waals surface area contributed by atoms with Crippen LogP contribution in [0.2, 0.25) is 0 Å². The molecule has 4 aromatic rings. The summed E-state index contributed by atoms with van der Waals surface area (Å²) in [6.45, 7) is 1.91. The predicted octanol–water partition coefficient (Wildman–Crippen LogP) is 4.26. The summed E-state index contributed by atoms with van der Waals surface area (Å²) < 4.78 is 39.7. The Morgan fingerprint density at radius 1 is 1.19 bits per heavy atom. The molecule has 31 heavy (non-hydrogen) atoms. The molecule has 8 nitrogen and oxygen atoms in total.